The van der Waals surface area contributed by atoms with Crippen LogP contribution in [0.3, 0.4) is 0 Å². The van der Waals surface area contributed by atoms with E-state index in [9.17, 15) is 0 Å². The van der Waals surface area contributed by atoms with Crippen LogP contribution in [0.25, 0.3) is 0 Å². The summed E-state index contributed by atoms with van der Waals surface area (Å²) in [5, 5.41) is 0. The molecule has 0 bridgehead atoms. The van der Waals surface area contributed by atoms with Gasteiger partial charge in [0.15, 0.2) is 0 Å². The Morgan fingerprint density at radius 2 is 2.00 bits per heavy atom. The summed E-state index contributed by atoms with van der Waals surface area (Å²) >= 11 is 0. The lowest BCUT2D eigenvalue weighted by Gasteiger charge is -2.37. The van der Waals surface area contributed by atoms with Gasteiger partial charge >= 0.3 is 0 Å². The monoisotopic (exact) mass is 182 g/mol. The van der Waals surface area contributed by atoms with Crippen molar-refractivity contribution in [3.05, 3.63) is 0 Å². The molecule has 2 rings (SSSR count). The molecule has 0 N–H and O–H groups in total. The maximum atomic E-state index is 5.48. The van der Waals surface area contributed by atoms with E-state index < -0.39 is 0 Å². The third kappa shape index (κ3) is 2.25. The van der Waals surface area contributed by atoms with Crippen LogP contribution in [0.4, 0.5) is 0 Å². The molecule has 0 aromatic carbocycles. The van der Waals surface area contributed by atoms with Crippen molar-refractivity contribution < 1.29 is 4.74 Å². The summed E-state index contributed by atoms with van der Waals surface area (Å²) in [4.78, 5) is 0. The average molecular weight is 182 g/mol. The molecular formula is C12H22O. The van der Waals surface area contributed by atoms with Crippen LogP contribution in [-0.2, 0) is 4.74 Å². The summed E-state index contributed by atoms with van der Waals surface area (Å²) in [5.74, 6) is 1.85. The predicted molar refractivity (Wildman–Crippen MR) is 54.7 cm³/mol. The van der Waals surface area contributed by atoms with Gasteiger partial charge in [0, 0.05) is 13.2 Å². The zero-order valence-corrected chi connectivity index (χ0v) is 9.01. The van der Waals surface area contributed by atoms with E-state index in [1.807, 2.05) is 0 Å². The summed E-state index contributed by atoms with van der Waals surface area (Å²) in [6, 6.07) is 0. The van der Waals surface area contributed by atoms with Crippen molar-refractivity contribution in [1.82, 2.24) is 0 Å². The lowest BCUT2D eigenvalue weighted by Crippen LogP contribution is -2.27. The van der Waals surface area contributed by atoms with E-state index >= 15 is 0 Å². The second-order valence-electron chi connectivity index (χ2n) is 5.64. The Labute approximate surface area is 81.9 Å². The van der Waals surface area contributed by atoms with Crippen molar-refractivity contribution >= 4 is 0 Å². The Morgan fingerprint density at radius 1 is 1.15 bits per heavy atom. The van der Waals surface area contributed by atoms with Gasteiger partial charge in [-0.2, -0.15) is 0 Å². The van der Waals surface area contributed by atoms with E-state index in [4.69, 9.17) is 4.74 Å². The smallest absolute Gasteiger partial charge is 0.0497 e. The molecule has 1 heterocycles. The third-order valence-electron chi connectivity index (χ3n) is 3.87. The Kier molecular flexibility index (Phi) is 2.64. The number of hydrogen-bond acceptors (Lipinski definition) is 1. The highest BCUT2D eigenvalue weighted by Gasteiger charge is 2.33. The van der Waals surface area contributed by atoms with Crippen LogP contribution >= 0.6 is 0 Å². The van der Waals surface area contributed by atoms with E-state index in [-0.39, 0.29) is 0 Å². The lowest BCUT2D eigenvalue weighted by molar-refractivity contribution is 0.115. The van der Waals surface area contributed by atoms with Gasteiger partial charge in [-0.05, 0) is 36.5 Å². The first-order valence-corrected chi connectivity index (χ1v) is 5.75. The standard InChI is InChI=1S/C12H22O/c1-12(2)6-3-4-10(8-12)11-5-7-13-9-11/h10-11H,3-9H2,1-2H3. The molecule has 1 aliphatic heterocycles. The highest BCUT2D eigenvalue weighted by atomic mass is 16.5. The van der Waals surface area contributed by atoms with Gasteiger partial charge in [-0.1, -0.05) is 26.7 Å². The van der Waals surface area contributed by atoms with Crippen molar-refractivity contribution in [2.75, 3.05) is 13.2 Å². The van der Waals surface area contributed by atoms with E-state index in [0.29, 0.717) is 5.41 Å². The SMILES string of the molecule is CC1(C)CCCC(C2CCOC2)C1. The lowest BCUT2D eigenvalue weighted by atomic mass is 9.68. The molecule has 1 heteroatoms. The summed E-state index contributed by atoms with van der Waals surface area (Å²) in [5.41, 5.74) is 0.603. The molecule has 1 nitrogen and oxygen atoms in total. The number of hydrogen-bond donors (Lipinski definition) is 0. The fourth-order valence-electron chi connectivity index (χ4n) is 3.08. The van der Waals surface area contributed by atoms with Gasteiger partial charge in [0.25, 0.3) is 0 Å². The molecule has 0 amide bonds. The van der Waals surface area contributed by atoms with Gasteiger partial charge in [0.2, 0.25) is 0 Å². The maximum absolute atomic E-state index is 5.48. The van der Waals surface area contributed by atoms with Crippen molar-refractivity contribution in [3.8, 4) is 0 Å². The minimum Gasteiger partial charge on any atom is -0.381 e. The Hall–Kier alpha value is -0.0400. The van der Waals surface area contributed by atoms with Gasteiger partial charge < -0.3 is 4.74 Å². The van der Waals surface area contributed by atoms with Crippen molar-refractivity contribution in [2.45, 2.75) is 46.0 Å². The van der Waals surface area contributed by atoms with E-state index in [0.717, 1.165) is 25.0 Å². The van der Waals surface area contributed by atoms with Crippen LogP contribution in [0.1, 0.15) is 46.0 Å². The molecule has 76 valence electrons. The molecule has 0 aromatic heterocycles. The maximum Gasteiger partial charge on any atom is 0.0497 e. The largest absolute Gasteiger partial charge is 0.381 e. The summed E-state index contributed by atoms with van der Waals surface area (Å²) in [7, 11) is 0. The molecule has 0 spiro atoms. The van der Waals surface area contributed by atoms with Crippen LogP contribution in [0, 0.1) is 17.3 Å². The van der Waals surface area contributed by atoms with Gasteiger partial charge in [-0.15, -0.1) is 0 Å². The van der Waals surface area contributed by atoms with Crippen molar-refractivity contribution in [2.24, 2.45) is 17.3 Å². The quantitative estimate of drug-likeness (QED) is 0.605. The molecule has 1 aliphatic carbocycles. The molecule has 13 heavy (non-hydrogen) atoms. The van der Waals surface area contributed by atoms with E-state index in [1.54, 1.807) is 0 Å². The third-order valence-corrected chi connectivity index (χ3v) is 3.87. The first kappa shape index (κ1) is 9.51. The molecule has 1 saturated carbocycles. The fourth-order valence-corrected chi connectivity index (χ4v) is 3.08. The van der Waals surface area contributed by atoms with Crippen molar-refractivity contribution in [3.63, 3.8) is 0 Å². The zero-order valence-electron chi connectivity index (χ0n) is 9.01. The second kappa shape index (κ2) is 3.61. The number of ether oxygens (including phenoxy) is 1. The highest BCUT2D eigenvalue weighted by Crippen LogP contribution is 2.43. The van der Waals surface area contributed by atoms with Gasteiger partial charge in [0.1, 0.15) is 0 Å². The Balaban J connectivity index is 1.91. The molecule has 1 saturated heterocycles. The van der Waals surface area contributed by atoms with Crippen LogP contribution in [-0.4, -0.2) is 13.2 Å². The molecule has 0 radical (unpaired) electrons. The summed E-state index contributed by atoms with van der Waals surface area (Å²) in [6.07, 6.45) is 7.07. The van der Waals surface area contributed by atoms with Crippen LogP contribution in [0.15, 0.2) is 0 Å². The normalized spacial score (nSPS) is 39.2. The number of rotatable bonds is 1. The first-order valence-electron chi connectivity index (χ1n) is 5.75. The van der Waals surface area contributed by atoms with Gasteiger partial charge in [-0.25, -0.2) is 0 Å². The van der Waals surface area contributed by atoms with Gasteiger partial charge in [0.05, 0.1) is 0 Å². The Morgan fingerprint density at radius 3 is 2.62 bits per heavy atom. The average Bonchev–Trinajstić information content (AvgIpc) is 2.53. The van der Waals surface area contributed by atoms with E-state index in [1.165, 1.54) is 32.1 Å². The molecule has 0 aromatic rings. The van der Waals surface area contributed by atoms with Crippen LogP contribution in [0.5, 0.6) is 0 Å². The minimum absolute atomic E-state index is 0.603. The van der Waals surface area contributed by atoms with Crippen LogP contribution < -0.4 is 0 Å². The summed E-state index contributed by atoms with van der Waals surface area (Å²) in [6.45, 7) is 6.91. The topological polar surface area (TPSA) is 9.23 Å². The highest BCUT2D eigenvalue weighted by molar-refractivity contribution is 4.84. The van der Waals surface area contributed by atoms with Crippen molar-refractivity contribution in [1.29, 1.82) is 0 Å². The molecular weight excluding hydrogens is 160 g/mol. The first-order chi connectivity index (χ1) is 6.17. The molecule has 2 atom stereocenters. The molecule has 2 unspecified atom stereocenters. The van der Waals surface area contributed by atoms with Crippen LogP contribution in [0.2, 0.25) is 0 Å². The minimum atomic E-state index is 0.603. The fraction of sp³-hybridized carbons (Fsp3) is 1.00. The molecule has 2 aliphatic rings. The van der Waals surface area contributed by atoms with E-state index in [2.05, 4.69) is 13.8 Å². The van der Waals surface area contributed by atoms with Gasteiger partial charge in [-0.3, -0.25) is 0 Å². The summed E-state index contributed by atoms with van der Waals surface area (Å²) < 4.78 is 5.48. The second-order valence-corrected chi connectivity index (χ2v) is 5.64. The molecule has 2 fully saturated rings. The Bertz CT molecular complexity index is 168. The predicted octanol–water partition coefficient (Wildman–Crippen LogP) is 3.24. The zero-order chi connectivity index (χ0) is 9.31.